The molecule has 106 valence electrons. The molecule has 2 aromatic rings. The molecule has 1 saturated carbocycles. The topological polar surface area (TPSA) is 50.9 Å². The van der Waals surface area contributed by atoms with Crippen LogP contribution in [0.5, 0.6) is 0 Å². The zero-order chi connectivity index (χ0) is 13.2. The van der Waals surface area contributed by atoms with Gasteiger partial charge in [0.1, 0.15) is 5.82 Å². The van der Waals surface area contributed by atoms with Gasteiger partial charge in [0, 0.05) is 29.7 Å². The normalized spacial score (nSPS) is 20.1. The van der Waals surface area contributed by atoms with Gasteiger partial charge in [-0.25, -0.2) is 4.98 Å². The first-order valence-electron chi connectivity index (χ1n) is 6.42. The third kappa shape index (κ3) is 3.63. The van der Waals surface area contributed by atoms with Crippen molar-refractivity contribution in [2.45, 2.75) is 24.9 Å². The van der Waals surface area contributed by atoms with Crippen LogP contribution in [0.4, 0.5) is 5.82 Å². The molecule has 20 heavy (non-hydrogen) atoms. The molecule has 5 heteroatoms. The van der Waals surface area contributed by atoms with Crippen LogP contribution in [0.2, 0.25) is 5.02 Å². The van der Waals surface area contributed by atoms with Crippen molar-refractivity contribution in [2.75, 3.05) is 5.32 Å². The minimum absolute atomic E-state index is 0. The number of nitrogens with two attached hydrogens (primary N) is 1. The monoisotopic (exact) mass is 309 g/mol. The van der Waals surface area contributed by atoms with Crippen LogP contribution in [0.3, 0.4) is 0 Å². The quantitative estimate of drug-likeness (QED) is 0.907. The summed E-state index contributed by atoms with van der Waals surface area (Å²) >= 11 is 5.85. The Balaban J connectivity index is 0.00000147. The Hall–Kier alpha value is -1.29. The Bertz CT molecular complexity index is 554. The molecular weight excluding hydrogens is 293 g/mol. The second-order valence-corrected chi connectivity index (χ2v) is 5.40. The smallest absolute Gasteiger partial charge is 0.126 e. The van der Waals surface area contributed by atoms with Crippen LogP contribution in [0.15, 0.2) is 42.6 Å². The molecule has 0 radical (unpaired) electrons. The predicted molar refractivity (Wildman–Crippen MR) is 85.6 cm³/mol. The van der Waals surface area contributed by atoms with E-state index in [2.05, 4.69) is 16.4 Å². The molecular formula is C15H17Cl2N3. The minimum Gasteiger partial charge on any atom is -0.366 e. The molecule has 3 N–H and O–H groups in total. The molecule has 1 aromatic heterocycles. The van der Waals surface area contributed by atoms with Gasteiger partial charge < -0.3 is 11.1 Å². The molecule has 0 aliphatic heterocycles. The van der Waals surface area contributed by atoms with Gasteiger partial charge in [-0.15, -0.1) is 12.4 Å². The van der Waals surface area contributed by atoms with Gasteiger partial charge in [0.05, 0.1) is 0 Å². The first-order chi connectivity index (χ1) is 9.22. The number of pyridine rings is 1. The highest BCUT2D eigenvalue weighted by atomic mass is 35.5. The molecule has 0 spiro atoms. The van der Waals surface area contributed by atoms with E-state index in [4.69, 9.17) is 17.3 Å². The minimum atomic E-state index is 0. The van der Waals surface area contributed by atoms with Crippen LogP contribution >= 0.6 is 24.0 Å². The Morgan fingerprint density at radius 3 is 2.45 bits per heavy atom. The molecule has 1 heterocycles. The Morgan fingerprint density at radius 2 is 1.90 bits per heavy atom. The fourth-order valence-electron chi connectivity index (χ4n) is 2.12. The average Bonchev–Trinajstić information content (AvgIpc) is 3.16. The molecule has 2 atom stereocenters. The lowest BCUT2D eigenvalue weighted by atomic mass is 10.2. The van der Waals surface area contributed by atoms with E-state index in [1.807, 2.05) is 36.5 Å². The van der Waals surface area contributed by atoms with E-state index in [1.54, 1.807) is 0 Å². The Kier molecular flexibility index (Phi) is 4.86. The van der Waals surface area contributed by atoms with Gasteiger partial charge in [-0.3, -0.25) is 0 Å². The molecule has 1 aromatic carbocycles. The maximum atomic E-state index is 5.85. The van der Waals surface area contributed by atoms with E-state index < -0.39 is 0 Å². The highest BCUT2D eigenvalue weighted by Crippen LogP contribution is 2.38. The average molecular weight is 310 g/mol. The van der Waals surface area contributed by atoms with E-state index in [0.717, 1.165) is 23.8 Å². The maximum Gasteiger partial charge on any atom is 0.126 e. The number of hydrogen-bond donors (Lipinski definition) is 2. The van der Waals surface area contributed by atoms with E-state index in [-0.39, 0.29) is 12.4 Å². The Labute approximate surface area is 130 Å². The lowest BCUT2D eigenvalue weighted by Crippen LogP contribution is -2.03. The van der Waals surface area contributed by atoms with Gasteiger partial charge in [0.15, 0.2) is 0 Å². The van der Waals surface area contributed by atoms with Gasteiger partial charge in [-0.05, 0) is 35.7 Å². The van der Waals surface area contributed by atoms with Gasteiger partial charge in [0.2, 0.25) is 0 Å². The summed E-state index contributed by atoms with van der Waals surface area (Å²) in [7, 11) is 0. The van der Waals surface area contributed by atoms with E-state index in [9.17, 15) is 0 Å². The van der Waals surface area contributed by atoms with E-state index >= 15 is 0 Å². The number of aromatic nitrogens is 1. The van der Waals surface area contributed by atoms with Crippen LogP contribution in [0.25, 0.3) is 0 Å². The van der Waals surface area contributed by atoms with Crippen molar-refractivity contribution in [1.29, 1.82) is 0 Å². The highest BCUT2D eigenvalue weighted by molar-refractivity contribution is 6.30. The number of rotatable bonds is 4. The number of nitrogens with one attached hydrogen (secondary N) is 1. The summed E-state index contributed by atoms with van der Waals surface area (Å²) < 4.78 is 0. The van der Waals surface area contributed by atoms with Gasteiger partial charge in [0.25, 0.3) is 0 Å². The molecule has 0 amide bonds. The highest BCUT2D eigenvalue weighted by Gasteiger charge is 2.34. The first-order valence-corrected chi connectivity index (χ1v) is 6.80. The first kappa shape index (κ1) is 15.1. The molecule has 1 aliphatic carbocycles. The molecule has 0 saturated heterocycles. The molecule has 1 fully saturated rings. The fraction of sp³-hybridized carbons (Fsp3) is 0.267. The number of anilines is 1. The van der Waals surface area contributed by atoms with Crippen molar-refractivity contribution in [3.63, 3.8) is 0 Å². The summed E-state index contributed by atoms with van der Waals surface area (Å²) in [4.78, 5) is 4.41. The van der Waals surface area contributed by atoms with Gasteiger partial charge in [-0.1, -0.05) is 29.8 Å². The van der Waals surface area contributed by atoms with Crippen LogP contribution in [-0.4, -0.2) is 11.0 Å². The predicted octanol–water partition coefficient (Wildman–Crippen LogP) is 3.58. The van der Waals surface area contributed by atoms with Gasteiger partial charge >= 0.3 is 0 Å². The lowest BCUT2D eigenvalue weighted by Gasteiger charge is -2.06. The maximum absolute atomic E-state index is 5.85. The van der Waals surface area contributed by atoms with Crippen LogP contribution in [-0.2, 0) is 6.54 Å². The third-order valence-electron chi connectivity index (χ3n) is 3.44. The molecule has 1 aliphatic rings. The standard InChI is InChI=1S/C15H16ClN3.ClH/c16-12-4-1-10(2-5-12)8-18-15-6-3-11(9-19-15)13-7-14(13)17;/h1-6,9,13-14H,7-8,17H2,(H,18,19);1H. The number of hydrogen-bond acceptors (Lipinski definition) is 3. The SMILES string of the molecule is Cl.NC1CC1c1ccc(NCc2ccc(Cl)cc2)nc1. The number of nitrogens with zero attached hydrogens (tertiary/aromatic N) is 1. The summed E-state index contributed by atoms with van der Waals surface area (Å²) in [6.45, 7) is 0.743. The molecule has 0 bridgehead atoms. The molecule has 2 unspecified atom stereocenters. The van der Waals surface area contributed by atoms with Crippen molar-refractivity contribution in [2.24, 2.45) is 5.73 Å². The summed E-state index contributed by atoms with van der Waals surface area (Å²) in [5.41, 5.74) is 8.25. The van der Waals surface area contributed by atoms with Crippen LogP contribution in [0.1, 0.15) is 23.5 Å². The number of benzene rings is 1. The summed E-state index contributed by atoms with van der Waals surface area (Å²) in [5, 5.41) is 4.05. The molecule has 3 rings (SSSR count). The summed E-state index contributed by atoms with van der Waals surface area (Å²) in [6.07, 6.45) is 3.00. The zero-order valence-electron chi connectivity index (χ0n) is 10.9. The van der Waals surface area contributed by atoms with E-state index in [0.29, 0.717) is 12.0 Å². The van der Waals surface area contributed by atoms with Crippen LogP contribution < -0.4 is 11.1 Å². The van der Waals surface area contributed by atoms with Crippen molar-refractivity contribution in [3.8, 4) is 0 Å². The molecule has 3 nitrogen and oxygen atoms in total. The van der Waals surface area contributed by atoms with Crippen molar-refractivity contribution >= 4 is 29.8 Å². The second kappa shape index (κ2) is 6.44. The Morgan fingerprint density at radius 1 is 1.20 bits per heavy atom. The fourth-order valence-corrected chi connectivity index (χ4v) is 2.25. The van der Waals surface area contributed by atoms with E-state index in [1.165, 1.54) is 11.1 Å². The third-order valence-corrected chi connectivity index (χ3v) is 3.69. The summed E-state index contributed by atoms with van der Waals surface area (Å²) in [6, 6.07) is 12.2. The largest absolute Gasteiger partial charge is 0.366 e. The lowest BCUT2D eigenvalue weighted by molar-refractivity contribution is 0.978. The van der Waals surface area contributed by atoms with Crippen molar-refractivity contribution in [3.05, 3.63) is 58.7 Å². The van der Waals surface area contributed by atoms with Gasteiger partial charge in [-0.2, -0.15) is 0 Å². The van der Waals surface area contributed by atoms with Crippen LogP contribution in [0, 0.1) is 0 Å². The number of halogens is 2. The summed E-state index contributed by atoms with van der Waals surface area (Å²) in [5.74, 6) is 1.39. The van der Waals surface area contributed by atoms with Crippen molar-refractivity contribution in [1.82, 2.24) is 4.98 Å². The zero-order valence-corrected chi connectivity index (χ0v) is 12.5. The second-order valence-electron chi connectivity index (χ2n) is 4.96. The van der Waals surface area contributed by atoms with Crippen molar-refractivity contribution < 1.29 is 0 Å².